The highest BCUT2D eigenvalue weighted by molar-refractivity contribution is 6.31. The number of anilines is 1. The largest absolute Gasteiger partial charge is 0.493 e. The molecule has 2 aromatic rings. The van der Waals surface area contributed by atoms with Gasteiger partial charge in [-0.1, -0.05) is 29.7 Å². The van der Waals surface area contributed by atoms with Gasteiger partial charge in [-0.05, 0) is 53.8 Å². The minimum absolute atomic E-state index is 0.260. The zero-order chi connectivity index (χ0) is 22.2. The number of rotatable bonds is 9. The number of amides is 1. The van der Waals surface area contributed by atoms with E-state index in [1.54, 1.807) is 18.2 Å². The van der Waals surface area contributed by atoms with Crippen LogP contribution in [0.2, 0.25) is 5.02 Å². The van der Waals surface area contributed by atoms with E-state index in [0.29, 0.717) is 30.3 Å². The number of benzene rings is 2. The molecule has 0 bridgehead atoms. The van der Waals surface area contributed by atoms with Crippen LogP contribution in [0.3, 0.4) is 0 Å². The summed E-state index contributed by atoms with van der Waals surface area (Å²) in [6, 6.07) is 11.6. The number of carbonyl (C=O) groups excluding carboxylic acids is 2. The second-order valence-corrected chi connectivity index (χ2v) is 7.64. The van der Waals surface area contributed by atoms with Gasteiger partial charge in [-0.15, -0.1) is 6.42 Å². The first-order chi connectivity index (χ1) is 15.0. The van der Waals surface area contributed by atoms with Gasteiger partial charge in [0.1, 0.15) is 5.75 Å². The number of hydrogen-bond donors (Lipinski definition) is 2. The van der Waals surface area contributed by atoms with E-state index in [0.717, 1.165) is 24.2 Å². The molecule has 2 N–H and O–H groups in total. The van der Waals surface area contributed by atoms with Crippen LogP contribution in [0.25, 0.3) is 0 Å². The molecule has 0 radical (unpaired) electrons. The molecule has 1 atom stereocenters. The lowest BCUT2D eigenvalue weighted by Gasteiger charge is -2.14. The Balaban J connectivity index is 1.59. The summed E-state index contributed by atoms with van der Waals surface area (Å²) < 4.78 is 10.8. The number of esters is 1. The molecule has 162 valence electrons. The topological polar surface area (TPSA) is 76.7 Å². The normalized spacial score (nSPS) is 14.4. The molecule has 0 aromatic heterocycles. The summed E-state index contributed by atoms with van der Waals surface area (Å²) in [6.45, 7) is 1.92. The summed E-state index contributed by atoms with van der Waals surface area (Å²) in [4.78, 5) is 22.7. The number of nitrogens with one attached hydrogen (secondary N) is 2. The number of ether oxygens (including phenoxy) is 2. The van der Waals surface area contributed by atoms with Gasteiger partial charge in [0.25, 0.3) is 5.91 Å². The molecule has 0 aliphatic heterocycles. The van der Waals surface area contributed by atoms with Crippen molar-refractivity contribution in [3.05, 3.63) is 58.1 Å². The van der Waals surface area contributed by atoms with Crippen molar-refractivity contribution in [2.24, 2.45) is 0 Å². The molecule has 0 heterocycles. The zero-order valence-electron chi connectivity index (χ0n) is 17.4. The van der Waals surface area contributed by atoms with Gasteiger partial charge >= 0.3 is 5.97 Å². The molecular formula is C24H25ClN2O4. The van der Waals surface area contributed by atoms with Crippen LogP contribution in [0, 0.1) is 12.3 Å². The van der Waals surface area contributed by atoms with Crippen molar-refractivity contribution >= 4 is 29.2 Å². The molecule has 7 heteroatoms. The van der Waals surface area contributed by atoms with Crippen molar-refractivity contribution in [3.63, 3.8) is 0 Å². The maximum atomic E-state index is 11.9. The van der Waals surface area contributed by atoms with Crippen LogP contribution in [-0.4, -0.2) is 31.6 Å². The van der Waals surface area contributed by atoms with Crippen molar-refractivity contribution < 1.29 is 19.1 Å². The number of carbonyl (C=O) groups is 2. The van der Waals surface area contributed by atoms with Gasteiger partial charge in [0.2, 0.25) is 0 Å². The smallest absolute Gasteiger partial charge is 0.303 e. The fraction of sp³-hybridized carbons (Fsp3) is 0.333. The van der Waals surface area contributed by atoms with Gasteiger partial charge in [-0.2, -0.15) is 0 Å². The zero-order valence-corrected chi connectivity index (χ0v) is 18.1. The lowest BCUT2D eigenvalue weighted by molar-refractivity contribution is -0.144. The molecule has 6 nitrogen and oxygen atoms in total. The van der Waals surface area contributed by atoms with Crippen LogP contribution in [-0.2, 0) is 27.2 Å². The fourth-order valence-corrected chi connectivity index (χ4v) is 3.84. The summed E-state index contributed by atoms with van der Waals surface area (Å²) in [5, 5.41) is 6.66. The second-order valence-electron chi connectivity index (χ2n) is 7.23. The van der Waals surface area contributed by atoms with Crippen molar-refractivity contribution in [2.45, 2.75) is 32.2 Å². The van der Waals surface area contributed by atoms with E-state index in [1.807, 2.05) is 12.1 Å². The van der Waals surface area contributed by atoms with Crippen molar-refractivity contribution in [2.75, 3.05) is 25.1 Å². The molecule has 0 saturated carbocycles. The number of hydrogen-bond acceptors (Lipinski definition) is 5. The molecule has 1 aliphatic rings. The monoisotopic (exact) mass is 440 g/mol. The summed E-state index contributed by atoms with van der Waals surface area (Å²) in [5.41, 5.74) is 3.89. The third-order valence-electron chi connectivity index (χ3n) is 5.04. The van der Waals surface area contributed by atoms with E-state index in [2.05, 4.69) is 22.6 Å². The lowest BCUT2D eigenvalue weighted by Crippen LogP contribution is -2.19. The van der Waals surface area contributed by atoms with Crippen LogP contribution in [0.5, 0.6) is 5.75 Å². The SMILES string of the molecule is C#CCNC1CCc2c(OCCc3cc(NC(=O)COC(C)=O)ccc3Cl)cccc21. The first-order valence-electron chi connectivity index (χ1n) is 10.1. The Labute approximate surface area is 187 Å². The fourth-order valence-electron chi connectivity index (χ4n) is 3.63. The Bertz CT molecular complexity index is 1000. The van der Waals surface area contributed by atoms with Crippen LogP contribution in [0.15, 0.2) is 36.4 Å². The summed E-state index contributed by atoms with van der Waals surface area (Å²) in [6.07, 6.45) is 7.88. The molecule has 1 amide bonds. The number of terminal acetylenes is 1. The Morgan fingerprint density at radius 1 is 1.29 bits per heavy atom. The van der Waals surface area contributed by atoms with Gasteiger partial charge in [0, 0.05) is 30.1 Å². The molecule has 0 fully saturated rings. The summed E-state index contributed by atoms with van der Waals surface area (Å²) in [5.74, 6) is 2.59. The third-order valence-corrected chi connectivity index (χ3v) is 5.41. The number of fused-ring (bicyclic) bond motifs is 1. The van der Waals surface area contributed by atoms with Gasteiger partial charge in [-0.3, -0.25) is 14.9 Å². The van der Waals surface area contributed by atoms with E-state index in [4.69, 9.17) is 27.5 Å². The second kappa shape index (κ2) is 10.9. The highest BCUT2D eigenvalue weighted by Crippen LogP contribution is 2.37. The Kier molecular flexibility index (Phi) is 7.94. The van der Waals surface area contributed by atoms with Crippen LogP contribution in [0.1, 0.15) is 36.1 Å². The molecular weight excluding hydrogens is 416 g/mol. The van der Waals surface area contributed by atoms with Gasteiger partial charge in [-0.25, -0.2) is 0 Å². The van der Waals surface area contributed by atoms with E-state index in [-0.39, 0.29) is 12.6 Å². The van der Waals surface area contributed by atoms with E-state index < -0.39 is 11.9 Å². The molecule has 31 heavy (non-hydrogen) atoms. The minimum atomic E-state index is -0.505. The average molecular weight is 441 g/mol. The van der Waals surface area contributed by atoms with Crippen molar-refractivity contribution in [3.8, 4) is 18.1 Å². The highest BCUT2D eigenvalue weighted by Gasteiger charge is 2.24. The molecule has 0 spiro atoms. The van der Waals surface area contributed by atoms with Crippen molar-refractivity contribution in [1.82, 2.24) is 5.32 Å². The maximum Gasteiger partial charge on any atom is 0.303 e. The molecule has 1 aliphatic carbocycles. The first-order valence-corrected chi connectivity index (χ1v) is 10.5. The van der Waals surface area contributed by atoms with Gasteiger partial charge in [0.05, 0.1) is 13.2 Å². The molecule has 1 unspecified atom stereocenters. The third kappa shape index (κ3) is 6.24. The standard InChI is InChI=1S/C24H25ClN2O4/c1-3-12-26-22-10-8-20-19(22)5-4-6-23(20)30-13-11-17-14-18(7-9-21(17)25)27-24(29)15-31-16(2)28/h1,4-7,9,14,22,26H,8,10-13,15H2,2H3,(H,27,29). The van der Waals surface area contributed by atoms with Gasteiger partial charge in [0.15, 0.2) is 6.61 Å². The summed E-state index contributed by atoms with van der Waals surface area (Å²) >= 11 is 6.32. The Hall–Kier alpha value is -3.01. The van der Waals surface area contributed by atoms with E-state index in [9.17, 15) is 9.59 Å². The highest BCUT2D eigenvalue weighted by atomic mass is 35.5. The number of halogens is 1. The van der Waals surface area contributed by atoms with Crippen LogP contribution in [0.4, 0.5) is 5.69 Å². The first kappa shape index (κ1) is 22.7. The predicted octanol–water partition coefficient (Wildman–Crippen LogP) is 3.67. The molecule has 3 rings (SSSR count). The van der Waals surface area contributed by atoms with E-state index >= 15 is 0 Å². The quantitative estimate of drug-likeness (QED) is 0.459. The average Bonchev–Trinajstić information content (AvgIpc) is 3.17. The van der Waals surface area contributed by atoms with Crippen LogP contribution >= 0.6 is 11.6 Å². The Morgan fingerprint density at radius 3 is 2.90 bits per heavy atom. The minimum Gasteiger partial charge on any atom is -0.493 e. The lowest BCUT2D eigenvalue weighted by atomic mass is 10.1. The Morgan fingerprint density at radius 2 is 2.13 bits per heavy atom. The predicted molar refractivity (Wildman–Crippen MR) is 120 cm³/mol. The van der Waals surface area contributed by atoms with E-state index in [1.165, 1.54) is 18.1 Å². The van der Waals surface area contributed by atoms with Gasteiger partial charge < -0.3 is 14.8 Å². The molecule has 0 saturated heterocycles. The van der Waals surface area contributed by atoms with Crippen LogP contribution < -0.4 is 15.4 Å². The summed E-state index contributed by atoms with van der Waals surface area (Å²) in [7, 11) is 0. The van der Waals surface area contributed by atoms with Crippen molar-refractivity contribution in [1.29, 1.82) is 0 Å². The molecule has 2 aromatic carbocycles. The maximum absolute atomic E-state index is 11.9.